The maximum atomic E-state index is 15.2. The quantitative estimate of drug-likeness (QED) is 0.497. The van der Waals surface area contributed by atoms with E-state index >= 15 is 8.78 Å². The van der Waals surface area contributed by atoms with Gasteiger partial charge in [-0.05, 0) is 37.6 Å². The third-order valence-corrected chi connectivity index (χ3v) is 7.52. The Balaban J connectivity index is 1.33. The average Bonchev–Trinajstić information content (AvgIpc) is 3.58. The Bertz CT molecular complexity index is 1320. The van der Waals surface area contributed by atoms with Gasteiger partial charge in [0.1, 0.15) is 28.8 Å². The highest BCUT2D eigenvalue weighted by molar-refractivity contribution is 6.08. The summed E-state index contributed by atoms with van der Waals surface area (Å²) in [5.41, 5.74) is 1.37. The van der Waals surface area contributed by atoms with Crippen LogP contribution in [0.1, 0.15) is 30.6 Å². The number of Topliss-reactive ketones (excluding diaryl/α,β-unsaturated/α-hetero) is 1. The molecular weight excluding hydrogens is 484 g/mol. The van der Waals surface area contributed by atoms with Gasteiger partial charge in [-0.1, -0.05) is 6.92 Å². The summed E-state index contributed by atoms with van der Waals surface area (Å²) in [6, 6.07) is 5.81. The van der Waals surface area contributed by atoms with Crippen LogP contribution in [0.4, 0.5) is 14.5 Å². The first-order valence-corrected chi connectivity index (χ1v) is 12.7. The van der Waals surface area contributed by atoms with E-state index in [1.807, 2.05) is 4.90 Å². The number of pyridine rings is 1. The summed E-state index contributed by atoms with van der Waals surface area (Å²) in [5, 5.41) is 0. The molecule has 3 aliphatic heterocycles. The highest BCUT2D eigenvalue weighted by Crippen LogP contribution is 2.37. The SMILES string of the molecule is CC[C@@H]1CO[C@H]2C1OC[C@H]2Oc1[nH]c2ccc(-c3c(F)cc(N4CCOCC4)cc3F)nc2c1C(C)=O. The van der Waals surface area contributed by atoms with Gasteiger partial charge in [-0.3, -0.25) is 4.79 Å². The van der Waals surface area contributed by atoms with Crippen LogP contribution >= 0.6 is 0 Å². The summed E-state index contributed by atoms with van der Waals surface area (Å²) in [6.45, 7) is 6.62. The number of aromatic nitrogens is 2. The molecular formula is C27H29F2N3O5. The van der Waals surface area contributed by atoms with Crippen LogP contribution in [0, 0.1) is 17.6 Å². The monoisotopic (exact) mass is 513 g/mol. The fourth-order valence-corrected chi connectivity index (χ4v) is 5.55. The minimum absolute atomic E-state index is 0.0312. The second-order valence-corrected chi connectivity index (χ2v) is 9.78. The Morgan fingerprint density at radius 3 is 2.57 bits per heavy atom. The number of hydrogen-bond acceptors (Lipinski definition) is 7. The van der Waals surface area contributed by atoms with Crippen molar-refractivity contribution in [1.29, 1.82) is 0 Å². The standard InChI is InChI=1S/C27H29F2N3O5/c1-3-15-12-35-26-21(13-36-25(15)26)37-27-22(14(2)33)24-20(31-27)5-4-19(30-24)23-17(28)10-16(11-18(23)29)32-6-8-34-9-7-32/h4-5,10-11,15,21,25-26,31H,3,6-9,12-13H2,1-2H3/t15-,21-,25?,26-/m1/s1. The summed E-state index contributed by atoms with van der Waals surface area (Å²) < 4.78 is 53.8. The van der Waals surface area contributed by atoms with Crippen LogP contribution in [0.2, 0.25) is 0 Å². The van der Waals surface area contributed by atoms with Gasteiger partial charge in [0, 0.05) is 24.7 Å². The van der Waals surface area contributed by atoms with Gasteiger partial charge >= 0.3 is 0 Å². The number of aromatic amines is 1. The predicted molar refractivity (Wildman–Crippen MR) is 132 cm³/mol. The van der Waals surface area contributed by atoms with E-state index in [9.17, 15) is 4.79 Å². The number of hydrogen-bond donors (Lipinski definition) is 1. The van der Waals surface area contributed by atoms with Crippen LogP contribution < -0.4 is 9.64 Å². The van der Waals surface area contributed by atoms with Crippen molar-refractivity contribution in [3.63, 3.8) is 0 Å². The number of nitrogens with one attached hydrogen (secondary N) is 1. The van der Waals surface area contributed by atoms with Crippen molar-refractivity contribution in [2.75, 3.05) is 44.4 Å². The van der Waals surface area contributed by atoms with Crippen LogP contribution in [0.15, 0.2) is 24.3 Å². The molecule has 1 N–H and O–H groups in total. The number of anilines is 1. The van der Waals surface area contributed by atoms with Crippen molar-refractivity contribution in [3.05, 3.63) is 41.5 Å². The Hall–Kier alpha value is -3.08. The summed E-state index contributed by atoms with van der Waals surface area (Å²) in [7, 11) is 0. The molecule has 5 heterocycles. The first-order valence-electron chi connectivity index (χ1n) is 12.7. The smallest absolute Gasteiger partial charge is 0.205 e. The molecule has 4 atom stereocenters. The lowest BCUT2D eigenvalue weighted by Crippen LogP contribution is -2.36. The summed E-state index contributed by atoms with van der Waals surface area (Å²) in [6.07, 6.45) is 0.325. The third kappa shape index (κ3) is 4.26. The van der Waals surface area contributed by atoms with E-state index in [2.05, 4.69) is 16.9 Å². The van der Waals surface area contributed by atoms with Gasteiger partial charge in [-0.15, -0.1) is 0 Å². The molecule has 3 saturated heterocycles. The summed E-state index contributed by atoms with van der Waals surface area (Å²) in [4.78, 5) is 22.2. The largest absolute Gasteiger partial charge is 0.470 e. The van der Waals surface area contributed by atoms with Crippen molar-refractivity contribution in [2.24, 2.45) is 5.92 Å². The first kappa shape index (κ1) is 24.3. The summed E-state index contributed by atoms with van der Waals surface area (Å²) >= 11 is 0. The predicted octanol–water partition coefficient (Wildman–Crippen LogP) is 4.12. The van der Waals surface area contributed by atoms with Gasteiger partial charge in [0.05, 0.1) is 49.3 Å². The zero-order valence-corrected chi connectivity index (χ0v) is 20.8. The molecule has 3 aromatic rings. The maximum Gasteiger partial charge on any atom is 0.205 e. The third-order valence-electron chi connectivity index (χ3n) is 7.52. The molecule has 6 rings (SSSR count). The molecule has 0 amide bonds. The van der Waals surface area contributed by atoms with Gasteiger partial charge in [0.25, 0.3) is 0 Å². The van der Waals surface area contributed by atoms with E-state index in [-0.39, 0.29) is 46.8 Å². The highest BCUT2D eigenvalue weighted by Gasteiger charge is 2.48. The fraction of sp³-hybridized carbons (Fsp3) is 0.481. The zero-order chi connectivity index (χ0) is 25.7. The minimum atomic E-state index is -0.720. The van der Waals surface area contributed by atoms with Crippen LogP contribution in [-0.4, -0.2) is 73.6 Å². The number of carbonyl (C=O) groups excluding carboxylic acids is 1. The molecule has 0 spiro atoms. The van der Waals surface area contributed by atoms with Crippen LogP contribution in [0.25, 0.3) is 22.3 Å². The number of nitrogens with zero attached hydrogens (tertiary/aromatic N) is 2. The van der Waals surface area contributed by atoms with Crippen molar-refractivity contribution in [2.45, 2.75) is 38.6 Å². The molecule has 1 unspecified atom stereocenters. The first-order chi connectivity index (χ1) is 17.9. The molecule has 196 valence electrons. The average molecular weight is 514 g/mol. The number of halogens is 2. The maximum absolute atomic E-state index is 15.2. The van der Waals surface area contributed by atoms with Gasteiger partial charge in [-0.25, -0.2) is 13.8 Å². The topological polar surface area (TPSA) is 85.9 Å². The molecule has 10 heteroatoms. The Morgan fingerprint density at radius 1 is 1.14 bits per heavy atom. The van der Waals surface area contributed by atoms with E-state index in [0.717, 1.165) is 6.42 Å². The molecule has 3 fully saturated rings. The van der Waals surface area contributed by atoms with Crippen molar-refractivity contribution >= 4 is 22.5 Å². The number of morpholine rings is 1. The number of carbonyl (C=O) groups is 1. The molecule has 0 aliphatic carbocycles. The van der Waals surface area contributed by atoms with Gasteiger partial charge in [0.2, 0.25) is 5.88 Å². The van der Waals surface area contributed by atoms with E-state index in [1.165, 1.54) is 25.1 Å². The second kappa shape index (κ2) is 9.66. The number of H-pyrrole nitrogens is 1. The molecule has 2 aromatic heterocycles. The Labute approximate surface area is 212 Å². The lowest BCUT2D eigenvalue weighted by Gasteiger charge is -2.29. The Kier molecular flexibility index (Phi) is 6.34. The lowest BCUT2D eigenvalue weighted by molar-refractivity contribution is 0.0274. The lowest BCUT2D eigenvalue weighted by atomic mass is 9.99. The van der Waals surface area contributed by atoms with Crippen LogP contribution in [0.3, 0.4) is 0 Å². The normalized spacial score (nSPS) is 25.6. The van der Waals surface area contributed by atoms with Crippen LogP contribution in [-0.2, 0) is 14.2 Å². The molecule has 8 nitrogen and oxygen atoms in total. The molecule has 37 heavy (non-hydrogen) atoms. The second-order valence-electron chi connectivity index (χ2n) is 9.78. The molecule has 0 bridgehead atoms. The van der Waals surface area contributed by atoms with Gasteiger partial charge < -0.3 is 28.8 Å². The van der Waals surface area contributed by atoms with E-state index in [1.54, 1.807) is 6.07 Å². The number of benzene rings is 1. The van der Waals surface area contributed by atoms with Crippen molar-refractivity contribution in [1.82, 2.24) is 9.97 Å². The Morgan fingerprint density at radius 2 is 1.86 bits per heavy atom. The molecule has 1 aromatic carbocycles. The number of ketones is 1. The number of fused-ring (bicyclic) bond motifs is 2. The van der Waals surface area contributed by atoms with Gasteiger partial charge in [0.15, 0.2) is 11.9 Å². The fourth-order valence-electron chi connectivity index (χ4n) is 5.55. The van der Waals surface area contributed by atoms with Crippen molar-refractivity contribution in [3.8, 4) is 17.1 Å². The number of rotatable bonds is 6. The number of ether oxygens (including phenoxy) is 4. The van der Waals surface area contributed by atoms with Crippen LogP contribution in [0.5, 0.6) is 5.88 Å². The van der Waals surface area contributed by atoms with E-state index in [0.29, 0.717) is 62.2 Å². The zero-order valence-electron chi connectivity index (χ0n) is 20.8. The highest BCUT2D eigenvalue weighted by atomic mass is 19.1. The minimum Gasteiger partial charge on any atom is -0.470 e. The molecule has 0 saturated carbocycles. The molecule has 3 aliphatic rings. The van der Waals surface area contributed by atoms with E-state index < -0.39 is 11.6 Å². The van der Waals surface area contributed by atoms with E-state index in [4.69, 9.17) is 18.9 Å². The molecule has 0 radical (unpaired) electrons. The summed E-state index contributed by atoms with van der Waals surface area (Å²) in [5.74, 6) is -1.14. The van der Waals surface area contributed by atoms with Gasteiger partial charge in [-0.2, -0.15) is 0 Å². The van der Waals surface area contributed by atoms with Crippen molar-refractivity contribution < 1.29 is 32.5 Å².